The van der Waals surface area contributed by atoms with Gasteiger partial charge < -0.3 is 19.5 Å². The lowest BCUT2D eigenvalue weighted by Gasteiger charge is -2.27. The molecule has 9 nitrogen and oxygen atoms in total. The fourth-order valence-corrected chi connectivity index (χ4v) is 4.05. The van der Waals surface area contributed by atoms with Gasteiger partial charge in [0.15, 0.2) is 0 Å². The van der Waals surface area contributed by atoms with Crippen LogP contribution in [0.1, 0.15) is 29.1 Å². The molecule has 1 aromatic carbocycles. The highest BCUT2D eigenvalue weighted by Gasteiger charge is 2.37. The first-order valence-corrected chi connectivity index (χ1v) is 9.68. The van der Waals surface area contributed by atoms with Crippen LogP contribution in [0.25, 0.3) is 11.5 Å². The number of carbonyl (C=O) groups excluding carboxylic acids is 1. The van der Waals surface area contributed by atoms with Crippen molar-refractivity contribution in [2.75, 3.05) is 35.3 Å². The first kappa shape index (κ1) is 17.6. The van der Waals surface area contributed by atoms with Crippen LogP contribution in [0.4, 0.5) is 17.5 Å². The molecule has 0 saturated carbocycles. The second-order valence-corrected chi connectivity index (χ2v) is 7.26. The van der Waals surface area contributed by atoms with Gasteiger partial charge >= 0.3 is 0 Å². The lowest BCUT2D eigenvalue weighted by atomic mass is 10.1. The van der Waals surface area contributed by atoms with Gasteiger partial charge in [-0.15, -0.1) is 10.2 Å². The number of aryl methyl sites for hydroxylation is 1. The number of nitrogens with zero attached hydrogens (tertiary/aromatic N) is 6. The van der Waals surface area contributed by atoms with Crippen LogP contribution in [-0.4, -0.2) is 52.3 Å². The molecule has 0 aliphatic carbocycles. The number of amides is 1. The van der Waals surface area contributed by atoms with Gasteiger partial charge in [-0.1, -0.05) is 6.07 Å². The van der Waals surface area contributed by atoms with Crippen LogP contribution in [-0.2, 0) is 0 Å². The van der Waals surface area contributed by atoms with Gasteiger partial charge in [-0.2, -0.15) is 4.98 Å². The number of anilines is 3. The van der Waals surface area contributed by atoms with Crippen LogP contribution in [0.2, 0.25) is 0 Å². The molecule has 1 unspecified atom stereocenters. The maximum atomic E-state index is 13.5. The molecule has 4 heterocycles. The highest BCUT2D eigenvalue weighted by atomic mass is 16.4. The third-order valence-corrected chi connectivity index (χ3v) is 5.44. The Hall–Kier alpha value is -3.49. The monoisotopic (exact) mass is 391 g/mol. The summed E-state index contributed by atoms with van der Waals surface area (Å²) in [6, 6.07) is 7.86. The number of nitrogens with one attached hydrogen (secondary N) is 1. The summed E-state index contributed by atoms with van der Waals surface area (Å²) in [4.78, 5) is 26.4. The van der Waals surface area contributed by atoms with E-state index in [2.05, 4.69) is 30.4 Å². The first-order valence-electron chi connectivity index (χ1n) is 9.68. The molecule has 1 saturated heterocycles. The fourth-order valence-electron chi connectivity index (χ4n) is 4.05. The molecule has 0 radical (unpaired) electrons. The van der Waals surface area contributed by atoms with Crippen LogP contribution in [0, 0.1) is 6.92 Å². The Morgan fingerprint density at radius 3 is 2.97 bits per heavy atom. The van der Waals surface area contributed by atoms with Crippen molar-refractivity contribution in [1.82, 2.24) is 20.2 Å². The lowest BCUT2D eigenvalue weighted by molar-refractivity contribution is 0.0988. The van der Waals surface area contributed by atoms with Crippen molar-refractivity contribution >= 4 is 23.4 Å². The maximum Gasteiger partial charge on any atom is 0.263 e. The van der Waals surface area contributed by atoms with Crippen molar-refractivity contribution in [2.45, 2.75) is 25.8 Å². The molecule has 1 atom stereocenters. The van der Waals surface area contributed by atoms with E-state index < -0.39 is 0 Å². The molecule has 2 aliphatic heterocycles. The largest absolute Gasteiger partial charge is 0.421 e. The van der Waals surface area contributed by atoms with Gasteiger partial charge in [0.05, 0.1) is 0 Å². The summed E-state index contributed by atoms with van der Waals surface area (Å²) in [5.41, 5.74) is 2.10. The van der Waals surface area contributed by atoms with Crippen molar-refractivity contribution in [2.24, 2.45) is 0 Å². The van der Waals surface area contributed by atoms with Gasteiger partial charge in [-0.25, -0.2) is 4.98 Å². The van der Waals surface area contributed by atoms with E-state index in [1.54, 1.807) is 20.2 Å². The zero-order valence-electron chi connectivity index (χ0n) is 16.3. The summed E-state index contributed by atoms with van der Waals surface area (Å²) >= 11 is 0. The molecule has 29 heavy (non-hydrogen) atoms. The van der Waals surface area contributed by atoms with E-state index in [1.165, 1.54) is 0 Å². The zero-order chi connectivity index (χ0) is 20.0. The summed E-state index contributed by atoms with van der Waals surface area (Å²) < 4.78 is 5.55. The predicted octanol–water partition coefficient (Wildman–Crippen LogP) is 2.51. The Morgan fingerprint density at radius 1 is 1.28 bits per heavy atom. The van der Waals surface area contributed by atoms with E-state index in [1.807, 2.05) is 29.2 Å². The van der Waals surface area contributed by atoms with Crippen LogP contribution in [0.3, 0.4) is 0 Å². The number of fused-ring (bicyclic) bond motifs is 3. The van der Waals surface area contributed by atoms with Crippen molar-refractivity contribution in [3.63, 3.8) is 0 Å². The number of benzene rings is 1. The molecule has 2 aliphatic rings. The second-order valence-electron chi connectivity index (χ2n) is 7.26. The Morgan fingerprint density at radius 2 is 2.17 bits per heavy atom. The summed E-state index contributed by atoms with van der Waals surface area (Å²) in [6.45, 7) is 3.24. The highest BCUT2D eigenvalue weighted by molar-refractivity contribution is 6.10. The Labute approximate surface area is 167 Å². The minimum atomic E-state index is -0.101. The smallest absolute Gasteiger partial charge is 0.263 e. The van der Waals surface area contributed by atoms with Gasteiger partial charge in [0.25, 0.3) is 5.91 Å². The van der Waals surface area contributed by atoms with E-state index in [9.17, 15) is 4.79 Å². The normalized spacial score (nSPS) is 18.4. The van der Waals surface area contributed by atoms with Gasteiger partial charge in [-0.3, -0.25) is 4.79 Å². The molecule has 148 valence electrons. The van der Waals surface area contributed by atoms with Crippen LogP contribution < -0.4 is 15.1 Å². The van der Waals surface area contributed by atoms with E-state index in [0.717, 1.165) is 30.6 Å². The van der Waals surface area contributed by atoms with E-state index in [0.29, 0.717) is 35.7 Å². The molecule has 1 fully saturated rings. The third kappa shape index (κ3) is 2.98. The summed E-state index contributed by atoms with van der Waals surface area (Å²) in [6.07, 6.45) is 3.71. The SMILES string of the molecule is CNc1ncc2c(n1)N1CCCC1CN(c1cccc(-c3nnc(C)o3)c1)C2=O. The van der Waals surface area contributed by atoms with Gasteiger partial charge in [0.2, 0.25) is 17.7 Å². The Balaban J connectivity index is 1.58. The minimum Gasteiger partial charge on any atom is -0.421 e. The molecular weight excluding hydrogens is 370 g/mol. The maximum absolute atomic E-state index is 13.5. The van der Waals surface area contributed by atoms with E-state index in [4.69, 9.17) is 4.42 Å². The van der Waals surface area contributed by atoms with Crippen LogP contribution in [0.15, 0.2) is 34.9 Å². The number of rotatable bonds is 3. The molecule has 9 heteroatoms. The summed E-state index contributed by atoms with van der Waals surface area (Å²) in [5.74, 6) is 2.07. The van der Waals surface area contributed by atoms with Gasteiger partial charge in [-0.05, 0) is 31.0 Å². The average Bonchev–Trinajstić information content (AvgIpc) is 3.37. The summed E-state index contributed by atoms with van der Waals surface area (Å²) in [5, 5.41) is 11.0. The van der Waals surface area contributed by atoms with Crippen molar-refractivity contribution in [3.8, 4) is 11.5 Å². The molecule has 5 rings (SSSR count). The Bertz CT molecular complexity index is 1080. The van der Waals surface area contributed by atoms with Gasteiger partial charge in [0.1, 0.15) is 11.4 Å². The van der Waals surface area contributed by atoms with Crippen molar-refractivity contribution < 1.29 is 9.21 Å². The zero-order valence-corrected chi connectivity index (χ0v) is 16.3. The number of hydrogen-bond acceptors (Lipinski definition) is 8. The molecule has 0 bridgehead atoms. The average molecular weight is 391 g/mol. The van der Waals surface area contributed by atoms with Crippen LogP contribution >= 0.6 is 0 Å². The predicted molar refractivity (Wildman–Crippen MR) is 108 cm³/mol. The number of carbonyl (C=O) groups is 1. The molecule has 2 aromatic heterocycles. The van der Waals surface area contributed by atoms with Gasteiger partial charge in [0, 0.05) is 50.6 Å². The number of hydrogen-bond donors (Lipinski definition) is 1. The summed E-state index contributed by atoms with van der Waals surface area (Å²) in [7, 11) is 1.78. The third-order valence-electron chi connectivity index (χ3n) is 5.44. The molecule has 1 amide bonds. The minimum absolute atomic E-state index is 0.101. The number of aromatic nitrogens is 4. The molecule has 3 aromatic rings. The van der Waals surface area contributed by atoms with Crippen LogP contribution in [0.5, 0.6) is 0 Å². The topological polar surface area (TPSA) is 100 Å². The second kappa shape index (κ2) is 6.84. The highest BCUT2D eigenvalue weighted by Crippen LogP contribution is 2.34. The molecular formula is C20H21N7O2. The van der Waals surface area contributed by atoms with E-state index >= 15 is 0 Å². The standard InChI is InChI=1S/C20H21N7O2/c1-12-24-25-18(29-12)13-5-3-6-14(9-13)27-11-15-7-4-8-26(15)17-16(19(27)28)10-22-20(21-2)23-17/h3,5-6,9-10,15H,4,7-8,11H2,1-2H3,(H,21,22,23). The van der Waals surface area contributed by atoms with Crippen molar-refractivity contribution in [3.05, 3.63) is 41.9 Å². The van der Waals surface area contributed by atoms with E-state index in [-0.39, 0.29) is 11.9 Å². The first-order chi connectivity index (χ1) is 14.1. The molecule has 1 N–H and O–H groups in total. The van der Waals surface area contributed by atoms with Crippen molar-refractivity contribution in [1.29, 1.82) is 0 Å². The fraction of sp³-hybridized carbons (Fsp3) is 0.350. The molecule has 0 spiro atoms. The Kier molecular flexibility index (Phi) is 4.15. The lowest BCUT2D eigenvalue weighted by Crippen LogP contribution is -2.39. The quantitative estimate of drug-likeness (QED) is 0.727.